The molecule has 0 saturated carbocycles. The summed E-state index contributed by atoms with van der Waals surface area (Å²) in [6.07, 6.45) is 1.50. The van der Waals surface area contributed by atoms with Crippen molar-refractivity contribution >= 4 is 23.2 Å². The Bertz CT molecular complexity index is 1280. The molecule has 0 spiro atoms. The monoisotopic (exact) mass is 467 g/mol. The number of aliphatic imine (C=N–C) groups is 1. The zero-order valence-electron chi connectivity index (χ0n) is 20.0. The van der Waals surface area contributed by atoms with Crippen molar-refractivity contribution in [3.05, 3.63) is 95.1 Å². The zero-order valence-corrected chi connectivity index (χ0v) is 20.0. The average molecular weight is 468 g/mol. The normalized spacial score (nSPS) is 17.5. The molecular formula is C29H29N3O3. The van der Waals surface area contributed by atoms with Crippen LogP contribution in [0.5, 0.6) is 5.75 Å². The third-order valence-corrected chi connectivity index (χ3v) is 6.70. The van der Waals surface area contributed by atoms with Gasteiger partial charge in [-0.3, -0.25) is 14.6 Å². The molecule has 5 rings (SSSR count). The Kier molecular flexibility index (Phi) is 6.36. The van der Waals surface area contributed by atoms with Crippen LogP contribution in [0.15, 0.2) is 77.8 Å². The Balaban J connectivity index is 1.20. The number of piperidine rings is 1. The van der Waals surface area contributed by atoms with Crippen molar-refractivity contribution in [1.29, 1.82) is 0 Å². The van der Waals surface area contributed by atoms with E-state index in [2.05, 4.69) is 10.3 Å². The molecule has 2 heterocycles. The van der Waals surface area contributed by atoms with Crippen LogP contribution in [0.25, 0.3) is 0 Å². The highest BCUT2D eigenvalue weighted by atomic mass is 16.5. The Morgan fingerprint density at radius 3 is 2.46 bits per heavy atom. The molecule has 2 aliphatic heterocycles. The smallest absolute Gasteiger partial charge is 0.272 e. The summed E-state index contributed by atoms with van der Waals surface area (Å²) in [5.41, 5.74) is 4.95. The van der Waals surface area contributed by atoms with Gasteiger partial charge in [0.2, 0.25) is 0 Å². The van der Waals surface area contributed by atoms with Crippen LogP contribution >= 0.6 is 0 Å². The van der Waals surface area contributed by atoms with Crippen LogP contribution < -0.4 is 10.1 Å². The van der Waals surface area contributed by atoms with Gasteiger partial charge >= 0.3 is 0 Å². The van der Waals surface area contributed by atoms with Crippen LogP contribution in [0.1, 0.15) is 52.9 Å². The first-order valence-corrected chi connectivity index (χ1v) is 12.1. The van der Waals surface area contributed by atoms with E-state index in [9.17, 15) is 9.59 Å². The summed E-state index contributed by atoms with van der Waals surface area (Å²) in [6, 6.07) is 22.8. The van der Waals surface area contributed by atoms with Crippen LogP contribution in [0.4, 0.5) is 5.69 Å². The molecule has 1 fully saturated rings. The molecule has 2 amide bonds. The number of rotatable bonds is 5. The first-order valence-electron chi connectivity index (χ1n) is 12.1. The van der Waals surface area contributed by atoms with E-state index < -0.39 is 0 Å². The van der Waals surface area contributed by atoms with Crippen LogP contribution in [0.3, 0.4) is 0 Å². The van der Waals surface area contributed by atoms with E-state index in [4.69, 9.17) is 4.74 Å². The summed E-state index contributed by atoms with van der Waals surface area (Å²) in [4.78, 5) is 32.2. The highest BCUT2D eigenvalue weighted by molar-refractivity contribution is 6.46. The lowest BCUT2D eigenvalue weighted by Crippen LogP contribution is -2.44. The Morgan fingerprint density at radius 1 is 0.971 bits per heavy atom. The van der Waals surface area contributed by atoms with Gasteiger partial charge in [-0.1, -0.05) is 48.5 Å². The molecule has 0 bridgehead atoms. The number of carbonyl (C=O) groups is 2. The van der Waals surface area contributed by atoms with Crippen molar-refractivity contribution in [2.24, 2.45) is 4.99 Å². The summed E-state index contributed by atoms with van der Waals surface area (Å²) in [5, 5.41) is 2.94. The van der Waals surface area contributed by atoms with Crippen molar-refractivity contribution in [1.82, 2.24) is 4.90 Å². The predicted molar refractivity (Wildman–Crippen MR) is 137 cm³/mol. The van der Waals surface area contributed by atoms with Gasteiger partial charge in [-0.25, -0.2) is 0 Å². The lowest BCUT2D eigenvalue weighted by molar-refractivity contribution is -0.125. The highest BCUT2D eigenvalue weighted by Gasteiger charge is 2.32. The molecule has 1 N–H and O–H groups in total. The molecule has 1 saturated heterocycles. The fraction of sp³-hybridized carbons (Fsp3) is 0.276. The number of hydrogen-bond acceptors (Lipinski definition) is 4. The van der Waals surface area contributed by atoms with Gasteiger partial charge in [0.15, 0.2) is 0 Å². The van der Waals surface area contributed by atoms with E-state index in [0.29, 0.717) is 30.1 Å². The fourth-order valence-corrected chi connectivity index (χ4v) is 4.68. The SMILES string of the molecule is Cc1ccc(NC(=O)c2ccccc2)cc1OC1CCN(C(=O)C2=NC(C)c3ccccc32)CC1. The molecule has 0 aromatic heterocycles. The Morgan fingerprint density at radius 2 is 1.69 bits per heavy atom. The van der Waals surface area contributed by atoms with E-state index in [-0.39, 0.29) is 24.0 Å². The standard InChI is InChI=1S/C29H29N3O3/c1-19-12-13-22(31-28(33)21-8-4-3-5-9-21)18-26(19)35-23-14-16-32(17-15-23)29(34)27-25-11-7-6-10-24(25)20(2)30-27/h3-13,18,20,23H,14-17H2,1-2H3,(H,31,33). The minimum Gasteiger partial charge on any atom is -0.490 e. The van der Waals surface area contributed by atoms with Gasteiger partial charge in [0.05, 0.1) is 6.04 Å². The second kappa shape index (κ2) is 9.74. The molecule has 0 radical (unpaired) electrons. The van der Waals surface area contributed by atoms with Crippen molar-refractivity contribution < 1.29 is 14.3 Å². The van der Waals surface area contributed by atoms with E-state index in [1.165, 1.54) is 0 Å². The number of hydrogen-bond donors (Lipinski definition) is 1. The highest BCUT2D eigenvalue weighted by Crippen LogP contribution is 2.31. The number of carbonyl (C=O) groups excluding carboxylic acids is 2. The fourth-order valence-electron chi connectivity index (χ4n) is 4.68. The molecule has 2 aliphatic rings. The largest absolute Gasteiger partial charge is 0.490 e. The third kappa shape index (κ3) is 4.83. The number of anilines is 1. The van der Waals surface area contributed by atoms with Gasteiger partial charge in [-0.15, -0.1) is 0 Å². The number of ether oxygens (including phenoxy) is 1. The molecule has 3 aromatic carbocycles. The maximum atomic E-state index is 13.2. The molecule has 6 nitrogen and oxygen atoms in total. The molecule has 0 aliphatic carbocycles. The zero-order chi connectivity index (χ0) is 24.4. The van der Waals surface area contributed by atoms with Gasteiger partial charge < -0.3 is 15.0 Å². The minimum absolute atomic E-state index is 0.00190. The maximum absolute atomic E-state index is 13.2. The second-order valence-electron chi connectivity index (χ2n) is 9.15. The summed E-state index contributed by atoms with van der Waals surface area (Å²) < 4.78 is 6.32. The number of nitrogens with one attached hydrogen (secondary N) is 1. The minimum atomic E-state index is -0.155. The molecule has 35 heavy (non-hydrogen) atoms. The number of amides is 2. The molecular weight excluding hydrogens is 438 g/mol. The van der Waals surface area contributed by atoms with E-state index in [0.717, 1.165) is 35.3 Å². The van der Waals surface area contributed by atoms with E-state index in [1.54, 1.807) is 12.1 Å². The van der Waals surface area contributed by atoms with Crippen molar-refractivity contribution in [2.45, 2.75) is 38.8 Å². The molecule has 3 aromatic rings. The maximum Gasteiger partial charge on any atom is 0.272 e. The average Bonchev–Trinajstić information content (AvgIpc) is 3.23. The number of likely N-dealkylation sites (tertiary alicyclic amines) is 1. The van der Waals surface area contributed by atoms with Crippen molar-refractivity contribution in [3.8, 4) is 5.75 Å². The van der Waals surface area contributed by atoms with Crippen molar-refractivity contribution in [2.75, 3.05) is 18.4 Å². The molecule has 1 atom stereocenters. The van der Waals surface area contributed by atoms with Crippen LogP contribution in [-0.2, 0) is 4.79 Å². The van der Waals surface area contributed by atoms with E-state index in [1.807, 2.05) is 79.4 Å². The summed E-state index contributed by atoms with van der Waals surface area (Å²) >= 11 is 0. The number of aryl methyl sites for hydroxylation is 1. The topological polar surface area (TPSA) is 71.0 Å². The summed E-state index contributed by atoms with van der Waals surface area (Å²) in [6.45, 7) is 5.27. The van der Waals surface area contributed by atoms with Gasteiger partial charge in [-0.05, 0) is 43.2 Å². The number of benzene rings is 3. The molecule has 178 valence electrons. The second-order valence-corrected chi connectivity index (χ2v) is 9.15. The summed E-state index contributed by atoms with van der Waals surface area (Å²) in [5.74, 6) is 0.601. The lowest BCUT2D eigenvalue weighted by Gasteiger charge is -2.32. The summed E-state index contributed by atoms with van der Waals surface area (Å²) in [7, 11) is 0. The quantitative estimate of drug-likeness (QED) is 0.562. The van der Waals surface area contributed by atoms with Gasteiger partial charge in [0, 0.05) is 48.8 Å². The predicted octanol–water partition coefficient (Wildman–Crippen LogP) is 5.18. The first kappa shape index (κ1) is 22.8. The van der Waals surface area contributed by atoms with Crippen LogP contribution in [0, 0.1) is 6.92 Å². The van der Waals surface area contributed by atoms with E-state index >= 15 is 0 Å². The first-order chi connectivity index (χ1) is 17.0. The van der Waals surface area contributed by atoms with Crippen LogP contribution in [-0.4, -0.2) is 41.6 Å². The molecule has 1 unspecified atom stereocenters. The Labute approximate surface area is 205 Å². The number of nitrogens with zero attached hydrogens (tertiary/aromatic N) is 2. The molecule has 6 heteroatoms. The number of fused-ring (bicyclic) bond motifs is 1. The lowest BCUT2D eigenvalue weighted by atomic mass is 10.0. The van der Waals surface area contributed by atoms with Gasteiger partial charge in [0.25, 0.3) is 11.8 Å². The van der Waals surface area contributed by atoms with Gasteiger partial charge in [-0.2, -0.15) is 0 Å². The van der Waals surface area contributed by atoms with Crippen LogP contribution in [0.2, 0.25) is 0 Å². The Hall–Kier alpha value is -3.93. The van der Waals surface area contributed by atoms with Gasteiger partial charge in [0.1, 0.15) is 17.6 Å². The van der Waals surface area contributed by atoms with Crippen molar-refractivity contribution in [3.63, 3.8) is 0 Å². The third-order valence-electron chi connectivity index (χ3n) is 6.70.